The second kappa shape index (κ2) is 72.0. The van der Waals surface area contributed by atoms with Gasteiger partial charge in [0.05, 0.1) is 33.8 Å². The zero-order valence-electron chi connectivity index (χ0n) is 62.6. The van der Waals surface area contributed by atoms with E-state index in [2.05, 4.69) is 56.5 Å². The molecular weight excluding hydrogens is 1160 g/mol. The maximum Gasteiger partial charge on any atom is 0.472 e. The third-order valence-electron chi connectivity index (χ3n) is 18.8. The molecule has 0 aromatic heterocycles. The van der Waals surface area contributed by atoms with Crippen molar-refractivity contribution in [2.75, 3.05) is 40.9 Å². The summed E-state index contributed by atoms with van der Waals surface area (Å²) < 4.78 is 31.0. The van der Waals surface area contributed by atoms with Crippen LogP contribution in [0.2, 0.25) is 0 Å². The van der Waals surface area contributed by atoms with Crippen molar-refractivity contribution < 1.29 is 37.3 Å². The van der Waals surface area contributed by atoms with E-state index in [1.165, 1.54) is 327 Å². The minimum atomic E-state index is -4.45. The summed E-state index contributed by atoms with van der Waals surface area (Å²) in [6, 6.07) is -0.845. The number of carbonyl (C=O) groups excluding carboxylic acids is 2. The average Bonchev–Trinajstić information content (AvgIpc) is 3.72. The fourth-order valence-electron chi connectivity index (χ4n) is 12.6. The summed E-state index contributed by atoms with van der Waals surface area (Å²) in [6.45, 7) is 7.07. The third-order valence-corrected chi connectivity index (χ3v) is 19.8. The van der Waals surface area contributed by atoms with Crippen molar-refractivity contribution in [3.05, 3.63) is 36.5 Å². The standard InChI is InChI=1S/C82H159N2O7P/c1-7-10-13-16-19-22-25-28-30-32-34-36-38-40-42-44-46-48-50-52-54-56-59-62-65-68-71-74-81(85)83-79(78-90-92(87,88)89-77-76-84(4,5)6)80(73-70-67-64-61-58-27-24-21-18-15-12-9-3)91-82(86)75-72-69-66-63-60-57-55-53-51-49-47-45-43-41-39-37-35-33-31-29-26-23-20-17-14-11-8-2/h20,23,29,31,70,73,79-80H,7-19,21-22,24-28,30,32-69,71-72,74-78H2,1-6H3,(H-,83,85,87,88)/p+1/b23-20-,31-29-,73-70+. The van der Waals surface area contributed by atoms with Gasteiger partial charge in [0, 0.05) is 12.8 Å². The molecule has 544 valence electrons. The monoisotopic (exact) mass is 1320 g/mol. The number of amides is 1. The minimum Gasteiger partial charge on any atom is -0.456 e. The van der Waals surface area contributed by atoms with Gasteiger partial charge in [-0.2, -0.15) is 0 Å². The molecule has 0 aliphatic heterocycles. The molecule has 0 saturated carbocycles. The molecule has 2 N–H and O–H groups in total. The van der Waals surface area contributed by atoms with Crippen LogP contribution in [-0.4, -0.2) is 74.3 Å². The SMILES string of the molecule is CCCCC/C=C\C/C=C\CCCCCCCCCCCCCCCCCCCC(=O)OC(/C=C/CCCCCCCCCCCC)C(COP(=O)(O)OCC[N+](C)(C)C)NC(=O)CCCCCCCCCCCCCCCCCCCCCCCCCCCCC. The Bertz CT molecular complexity index is 1660. The summed E-state index contributed by atoms with van der Waals surface area (Å²) in [5.74, 6) is -0.478. The van der Waals surface area contributed by atoms with E-state index < -0.39 is 20.0 Å². The Morgan fingerprint density at radius 3 is 1.00 bits per heavy atom. The number of ether oxygens (including phenoxy) is 1. The maximum atomic E-state index is 13.7. The van der Waals surface area contributed by atoms with E-state index in [0.29, 0.717) is 23.9 Å². The highest BCUT2D eigenvalue weighted by atomic mass is 31.2. The summed E-state index contributed by atoms with van der Waals surface area (Å²) in [6.07, 6.45) is 91.9. The number of nitrogens with zero attached hydrogens (tertiary/aromatic N) is 1. The van der Waals surface area contributed by atoms with Crippen LogP contribution in [-0.2, 0) is 27.9 Å². The maximum absolute atomic E-state index is 13.7. The Hall–Kier alpha value is -1.77. The van der Waals surface area contributed by atoms with Gasteiger partial charge >= 0.3 is 13.8 Å². The average molecular weight is 1320 g/mol. The second-order valence-corrected chi connectivity index (χ2v) is 30.8. The van der Waals surface area contributed by atoms with E-state index in [1.807, 2.05) is 27.2 Å². The Kier molecular flexibility index (Phi) is 70.6. The first-order valence-electron chi connectivity index (χ1n) is 40.8. The molecule has 0 aliphatic rings. The number of nitrogens with one attached hydrogen (secondary N) is 1. The molecule has 0 rings (SSSR count). The second-order valence-electron chi connectivity index (χ2n) is 29.3. The van der Waals surface area contributed by atoms with Gasteiger partial charge in [-0.25, -0.2) is 4.57 Å². The molecule has 0 aliphatic carbocycles. The van der Waals surface area contributed by atoms with Gasteiger partial charge in [-0.3, -0.25) is 18.6 Å². The number of hydrogen-bond donors (Lipinski definition) is 2. The first kappa shape index (κ1) is 90.2. The molecule has 9 nitrogen and oxygen atoms in total. The highest BCUT2D eigenvalue weighted by molar-refractivity contribution is 7.47. The summed E-state index contributed by atoms with van der Waals surface area (Å²) in [7, 11) is 1.52. The molecule has 0 radical (unpaired) electrons. The van der Waals surface area contributed by atoms with Crippen molar-refractivity contribution in [2.24, 2.45) is 0 Å². The number of rotatable bonds is 76. The van der Waals surface area contributed by atoms with Crippen molar-refractivity contribution in [1.29, 1.82) is 0 Å². The van der Waals surface area contributed by atoms with Crippen molar-refractivity contribution in [2.45, 2.75) is 437 Å². The summed E-state index contributed by atoms with van der Waals surface area (Å²) in [5.41, 5.74) is 0. The van der Waals surface area contributed by atoms with Crippen LogP contribution in [0, 0.1) is 0 Å². The lowest BCUT2D eigenvalue weighted by molar-refractivity contribution is -0.870. The number of phosphoric acid groups is 1. The molecule has 0 heterocycles. The van der Waals surface area contributed by atoms with Gasteiger partial charge in [0.2, 0.25) is 5.91 Å². The van der Waals surface area contributed by atoms with Gasteiger partial charge in [0.25, 0.3) is 0 Å². The lowest BCUT2D eigenvalue weighted by atomic mass is 10.0. The van der Waals surface area contributed by atoms with E-state index in [9.17, 15) is 19.0 Å². The van der Waals surface area contributed by atoms with Crippen molar-refractivity contribution in [1.82, 2.24) is 5.32 Å². The number of phosphoric ester groups is 1. The van der Waals surface area contributed by atoms with E-state index >= 15 is 0 Å². The number of likely N-dealkylation sites (N-methyl/N-ethyl adjacent to an activating group) is 1. The number of quaternary nitrogens is 1. The number of carbonyl (C=O) groups is 2. The lowest BCUT2D eigenvalue weighted by Gasteiger charge is -2.27. The van der Waals surface area contributed by atoms with Crippen LogP contribution in [0.15, 0.2) is 36.5 Å². The quantitative estimate of drug-likeness (QED) is 0.0205. The van der Waals surface area contributed by atoms with Crippen LogP contribution in [0.1, 0.15) is 425 Å². The van der Waals surface area contributed by atoms with Crippen LogP contribution in [0.3, 0.4) is 0 Å². The lowest BCUT2D eigenvalue weighted by Crippen LogP contribution is -2.47. The first-order chi connectivity index (χ1) is 44.9. The molecule has 1 amide bonds. The normalized spacial score (nSPS) is 13.5. The first-order valence-corrected chi connectivity index (χ1v) is 42.3. The fourth-order valence-corrected chi connectivity index (χ4v) is 13.3. The Morgan fingerprint density at radius 1 is 0.380 bits per heavy atom. The van der Waals surface area contributed by atoms with E-state index in [-0.39, 0.29) is 25.1 Å². The molecule has 3 atom stereocenters. The Morgan fingerprint density at radius 2 is 0.663 bits per heavy atom. The number of allylic oxidation sites excluding steroid dienone is 5. The molecule has 3 unspecified atom stereocenters. The van der Waals surface area contributed by atoms with Gasteiger partial charge in [-0.05, 0) is 63.9 Å². The van der Waals surface area contributed by atoms with Crippen molar-refractivity contribution in [3.8, 4) is 0 Å². The predicted molar refractivity (Wildman–Crippen MR) is 402 cm³/mol. The predicted octanol–water partition coefficient (Wildman–Crippen LogP) is 26.5. The van der Waals surface area contributed by atoms with Crippen LogP contribution in [0.25, 0.3) is 0 Å². The highest BCUT2D eigenvalue weighted by Gasteiger charge is 2.30. The van der Waals surface area contributed by atoms with Gasteiger partial charge in [-0.15, -0.1) is 0 Å². The summed E-state index contributed by atoms with van der Waals surface area (Å²) in [5, 5.41) is 3.09. The van der Waals surface area contributed by atoms with Gasteiger partial charge in [-0.1, -0.05) is 385 Å². The molecule has 0 fully saturated rings. The summed E-state index contributed by atoms with van der Waals surface area (Å²) in [4.78, 5) is 38.1. The van der Waals surface area contributed by atoms with Gasteiger partial charge in [0.1, 0.15) is 19.3 Å². The van der Waals surface area contributed by atoms with Crippen molar-refractivity contribution >= 4 is 19.7 Å². The minimum absolute atomic E-state index is 0.0443. The van der Waals surface area contributed by atoms with Gasteiger partial charge < -0.3 is 19.4 Å². The van der Waals surface area contributed by atoms with E-state index in [1.54, 1.807) is 0 Å². The molecule has 0 saturated heterocycles. The molecule has 92 heavy (non-hydrogen) atoms. The molecule has 0 aromatic carbocycles. The van der Waals surface area contributed by atoms with Crippen LogP contribution in [0.4, 0.5) is 0 Å². The molecular formula is C82H160N2O7P+. The smallest absolute Gasteiger partial charge is 0.456 e. The topological polar surface area (TPSA) is 111 Å². The number of esters is 1. The van der Waals surface area contributed by atoms with E-state index in [4.69, 9.17) is 13.8 Å². The third kappa shape index (κ3) is 72.5. The zero-order chi connectivity index (χ0) is 67.0. The zero-order valence-corrected chi connectivity index (χ0v) is 63.5. The number of unbranched alkanes of at least 4 members (excludes halogenated alkanes) is 56. The highest BCUT2D eigenvalue weighted by Crippen LogP contribution is 2.43. The molecule has 0 spiro atoms. The Labute approximate surface area is 574 Å². The molecule has 10 heteroatoms. The van der Waals surface area contributed by atoms with Gasteiger partial charge in [0.15, 0.2) is 0 Å². The number of hydrogen-bond acceptors (Lipinski definition) is 6. The molecule has 0 aromatic rings. The largest absolute Gasteiger partial charge is 0.472 e. The van der Waals surface area contributed by atoms with Crippen LogP contribution >= 0.6 is 7.82 Å². The van der Waals surface area contributed by atoms with Crippen molar-refractivity contribution in [3.63, 3.8) is 0 Å². The van der Waals surface area contributed by atoms with Crippen LogP contribution < -0.4 is 5.32 Å². The molecule has 0 bridgehead atoms. The summed E-state index contributed by atoms with van der Waals surface area (Å²) >= 11 is 0. The Balaban J connectivity index is 4.85. The fraction of sp³-hybridized carbons (Fsp3) is 0.902. The van der Waals surface area contributed by atoms with Crippen LogP contribution in [0.5, 0.6) is 0 Å². The van der Waals surface area contributed by atoms with E-state index in [0.717, 1.165) is 64.2 Å².